The quantitative estimate of drug-likeness (QED) is 0.639. The maximum atomic E-state index is 12.7. The molecule has 3 rings (SSSR count). The van der Waals surface area contributed by atoms with E-state index < -0.39 is 10.0 Å². The van der Waals surface area contributed by atoms with Crippen LogP contribution < -0.4 is 4.72 Å². The molecule has 2 aromatic carbocycles. The molecule has 0 aliphatic carbocycles. The third-order valence-corrected chi connectivity index (χ3v) is 6.70. The normalized spacial score (nSPS) is 17.2. The molecule has 1 saturated heterocycles. The van der Waals surface area contributed by atoms with Crippen molar-refractivity contribution in [2.45, 2.75) is 17.9 Å². The Morgan fingerprint density at radius 2 is 1.69 bits per heavy atom. The molecule has 1 aliphatic heterocycles. The number of nitrogens with zero attached hydrogens (tertiary/aromatic N) is 1. The molecule has 1 heterocycles. The summed E-state index contributed by atoms with van der Waals surface area (Å²) in [5, 5.41) is 0. The molecule has 1 aliphatic rings. The van der Waals surface area contributed by atoms with Crippen LogP contribution in [-0.2, 0) is 14.8 Å². The first-order valence-electron chi connectivity index (χ1n) is 8.59. The standard InChI is InChI=1S/C19H23IN2O3S/c1-15-2-4-16(5-3-15)19(22-10-12-25-13-11-22)14-21-26(23,24)18-8-6-17(20)7-9-18/h2-9,19,21H,10-14H2,1H3/t19-/m1/s1. The van der Waals surface area contributed by atoms with Gasteiger partial charge in [-0.25, -0.2) is 13.1 Å². The lowest BCUT2D eigenvalue weighted by molar-refractivity contribution is 0.0172. The lowest BCUT2D eigenvalue weighted by atomic mass is 10.0. The number of ether oxygens (including phenoxy) is 1. The zero-order chi connectivity index (χ0) is 18.6. The highest BCUT2D eigenvalue weighted by Crippen LogP contribution is 2.23. The molecule has 0 radical (unpaired) electrons. The molecule has 0 aromatic heterocycles. The molecule has 1 fully saturated rings. The van der Waals surface area contributed by atoms with Crippen LogP contribution in [0.25, 0.3) is 0 Å². The topological polar surface area (TPSA) is 58.6 Å². The zero-order valence-corrected chi connectivity index (χ0v) is 17.7. The highest BCUT2D eigenvalue weighted by atomic mass is 127. The first kappa shape index (κ1) is 19.8. The Morgan fingerprint density at radius 1 is 1.08 bits per heavy atom. The van der Waals surface area contributed by atoms with E-state index in [-0.39, 0.29) is 6.04 Å². The number of hydrogen-bond acceptors (Lipinski definition) is 4. The van der Waals surface area contributed by atoms with Gasteiger partial charge < -0.3 is 4.74 Å². The molecule has 0 amide bonds. The summed E-state index contributed by atoms with van der Waals surface area (Å²) in [4.78, 5) is 2.58. The highest BCUT2D eigenvalue weighted by Gasteiger charge is 2.25. The largest absolute Gasteiger partial charge is 0.379 e. The van der Waals surface area contributed by atoms with Gasteiger partial charge in [-0.1, -0.05) is 29.8 Å². The van der Waals surface area contributed by atoms with E-state index >= 15 is 0 Å². The van der Waals surface area contributed by atoms with Crippen LogP contribution in [0.15, 0.2) is 53.4 Å². The van der Waals surface area contributed by atoms with Crippen LogP contribution in [0.4, 0.5) is 0 Å². The second-order valence-electron chi connectivity index (χ2n) is 6.38. The monoisotopic (exact) mass is 486 g/mol. The average Bonchev–Trinajstić information content (AvgIpc) is 2.64. The molecular formula is C19H23IN2O3S. The third-order valence-electron chi connectivity index (χ3n) is 4.54. The summed E-state index contributed by atoms with van der Waals surface area (Å²) >= 11 is 2.16. The zero-order valence-electron chi connectivity index (χ0n) is 14.7. The Balaban J connectivity index is 1.78. The van der Waals surface area contributed by atoms with E-state index in [1.807, 2.05) is 6.92 Å². The number of aryl methyl sites for hydroxylation is 1. The van der Waals surface area contributed by atoms with Crippen molar-refractivity contribution in [3.63, 3.8) is 0 Å². The van der Waals surface area contributed by atoms with Crippen LogP contribution in [0, 0.1) is 10.5 Å². The van der Waals surface area contributed by atoms with E-state index in [1.54, 1.807) is 24.3 Å². The summed E-state index contributed by atoms with van der Waals surface area (Å²) in [5.41, 5.74) is 2.30. The van der Waals surface area contributed by atoms with Crippen LogP contribution in [0.2, 0.25) is 0 Å². The summed E-state index contributed by atoms with van der Waals surface area (Å²) in [7, 11) is -3.54. The number of nitrogens with one attached hydrogen (secondary N) is 1. The van der Waals surface area contributed by atoms with Gasteiger partial charge >= 0.3 is 0 Å². The second kappa shape index (κ2) is 8.79. The van der Waals surface area contributed by atoms with E-state index in [0.29, 0.717) is 24.7 Å². The fourth-order valence-corrected chi connectivity index (χ4v) is 4.42. The van der Waals surface area contributed by atoms with Gasteiger partial charge in [0, 0.05) is 29.2 Å². The fourth-order valence-electron chi connectivity index (χ4n) is 3.02. The smallest absolute Gasteiger partial charge is 0.240 e. The van der Waals surface area contributed by atoms with Crippen LogP contribution in [0.5, 0.6) is 0 Å². The van der Waals surface area contributed by atoms with Gasteiger partial charge in [-0.15, -0.1) is 0 Å². The average molecular weight is 486 g/mol. The van der Waals surface area contributed by atoms with Crippen molar-refractivity contribution in [2.24, 2.45) is 0 Å². The molecule has 1 N–H and O–H groups in total. The minimum Gasteiger partial charge on any atom is -0.379 e. The molecular weight excluding hydrogens is 463 g/mol. The number of morpholine rings is 1. The Morgan fingerprint density at radius 3 is 2.31 bits per heavy atom. The minimum atomic E-state index is -3.54. The first-order valence-corrected chi connectivity index (χ1v) is 11.2. The molecule has 1 atom stereocenters. The molecule has 0 saturated carbocycles. The maximum absolute atomic E-state index is 12.7. The van der Waals surface area contributed by atoms with Crippen LogP contribution in [-0.4, -0.2) is 46.2 Å². The number of benzene rings is 2. The Kier molecular flexibility index (Phi) is 6.68. The minimum absolute atomic E-state index is 0.0156. The van der Waals surface area contributed by atoms with Crippen molar-refractivity contribution in [2.75, 3.05) is 32.8 Å². The molecule has 0 unspecified atom stereocenters. The van der Waals surface area contributed by atoms with Crippen molar-refractivity contribution >= 4 is 32.6 Å². The van der Waals surface area contributed by atoms with E-state index in [2.05, 4.69) is 56.5 Å². The van der Waals surface area contributed by atoms with E-state index in [4.69, 9.17) is 4.74 Å². The summed E-state index contributed by atoms with van der Waals surface area (Å²) in [6.07, 6.45) is 0. The van der Waals surface area contributed by atoms with Crippen molar-refractivity contribution in [1.82, 2.24) is 9.62 Å². The third kappa shape index (κ3) is 5.04. The molecule has 140 valence electrons. The van der Waals surface area contributed by atoms with Gasteiger partial charge in [-0.05, 0) is 59.3 Å². The summed E-state index contributed by atoms with van der Waals surface area (Å²) in [5.74, 6) is 0. The van der Waals surface area contributed by atoms with Gasteiger partial charge in [-0.3, -0.25) is 4.90 Å². The van der Waals surface area contributed by atoms with E-state index in [1.165, 1.54) is 5.56 Å². The van der Waals surface area contributed by atoms with Crippen LogP contribution in [0.3, 0.4) is 0 Å². The van der Waals surface area contributed by atoms with Gasteiger partial charge in [-0.2, -0.15) is 0 Å². The molecule has 0 bridgehead atoms. The van der Waals surface area contributed by atoms with Gasteiger partial charge in [0.25, 0.3) is 0 Å². The van der Waals surface area contributed by atoms with Gasteiger partial charge in [0.2, 0.25) is 10.0 Å². The van der Waals surface area contributed by atoms with Crippen LogP contribution in [0.1, 0.15) is 17.2 Å². The summed E-state index contributed by atoms with van der Waals surface area (Å²) in [6, 6.07) is 15.1. The SMILES string of the molecule is Cc1ccc([C@@H](CNS(=O)(=O)c2ccc(I)cc2)N2CCOCC2)cc1. The van der Waals surface area contributed by atoms with Gasteiger partial charge in [0.1, 0.15) is 0 Å². The number of rotatable bonds is 6. The van der Waals surface area contributed by atoms with Crippen LogP contribution >= 0.6 is 22.6 Å². The fraction of sp³-hybridized carbons (Fsp3) is 0.368. The van der Waals surface area contributed by atoms with Crippen molar-refractivity contribution in [1.29, 1.82) is 0 Å². The van der Waals surface area contributed by atoms with Crippen molar-refractivity contribution < 1.29 is 13.2 Å². The second-order valence-corrected chi connectivity index (χ2v) is 9.39. The number of sulfonamides is 1. The number of hydrogen-bond donors (Lipinski definition) is 1. The molecule has 7 heteroatoms. The molecule has 2 aromatic rings. The molecule has 0 spiro atoms. The highest BCUT2D eigenvalue weighted by molar-refractivity contribution is 14.1. The molecule has 26 heavy (non-hydrogen) atoms. The first-order chi connectivity index (χ1) is 12.5. The van der Waals surface area contributed by atoms with E-state index in [0.717, 1.165) is 22.2 Å². The summed E-state index contributed by atoms with van der Waals surface area (Å²) < 4.78 is 34.6. The van der Waals surface area contributed by atoms with E-state index in [9.17, 15) is 8.42 Å². The van der Waals surface area contributed by atoms with Gasteiger partial charge in [0.15, 0.2) is 0 Å². The van der Waals surface area contributed by atoms with Gasteiger partial charge in [0.05, 0.1) is 18.1 Å². The lowest BCUT2D eigenvalue weighted by Gasteiger charge is -2.35. The van der Waals surface area contributed by atoms with Crippen molar-refractivity contribution in [3.8, 4) is 0 Å². The van der Waals surface area contributed by atoms with Crippen molar-refractivity contribution in [3.05, 3.63) is 63.2 Å². The lowest BCUT2D eigenvalue weighted by Crippen LogP contribution is -2.43. The Bertz CT molecular complexity index is 817. The summed E-state index contributed by atoms with van der Waals surface area (Å²) in [6.45, 7) is 5.32. The predicted octanol–water partition coefficient (Wildman–Crippen LogP) is 2.95. The maximum Gasteiger partial charge on any atom is 0.240 e. The molecule has 5 nitrogen and oxygen atoms in total. The predicted molar refractivity (Wildman–Crippen MR) is 111 cm³/mol. The Labute approximate surface area is 168 Å². The Hall–Kier alpha value is -1.00. The number of halogens is 1.